The number of piperidine rings is 2. The number of anilines is 6. The van der Waals surface area contributed by atoms with Gasteiger partial charge in [-0.2, -0.15) is 52.7 Å². The average Bonchev–Trinajstić information content (AvgIpc) is 0.795. The van der Waals surface area contributed by atoms with Crippen LogP contribution in [0.5, 0.6) is 0 Å². The van der Waals surface area contributed by atoms with Gasteiger partial charge in [0.25, 0.3) is 0 Å². The van der Waals surface area contributed by atoms with Crippen LogP contribution >= 0.6 is 0 Å². The summed E-state index contributed by atoms with van der Waals surface area (Å²) in [5.41, 5.74) is -0.180. The van der Waals surface area contributed by atoms with Gasteiger partial charge in [0, 0.05) is 51.5 Å². The maximum absolute atomic E-state index is 15.5. The van der Waals surface area contributed by atoms with E-state index in [-0.39, 0.29) is 157 Å². The molecule has 8 heterocycles. The van der Waals surface area contributed by atoms with Crippen LogP contribution in [0.4, 0.5) is 101 Å². The Kier molecular flexibility index (Phi) is 25.8. The summed E-state index contributed by atoms with van der Waals surface area (Å²) in [6, 6.07) is 12.3. The molecule has 21 nitrogen and oxygen atoms in total. The van der Waals surface area contributed by atoms with Gasteiger partial charge in [-0.15, -0.1) is 0 Å². The van der Waals surface area contributed by atoms with Crippen LogP contribution in [-0.4, -0.2) is 194 Å². The number of carbonyl (C=O) groups is 2. The molecule has 3 atom stereocenters. The number of amides is 1. The average molecular weight is 1520 g/mol. The van der Waals surface area contributed by atoms with Crippen molar-refractivity contribution in [3.8, 4) is 0 Å². The Morgan fingerprint density at radius 2 is 0.771 bits per heavy atom. The van der Waals surface area contributed by atoms with Gasteiger partial charge in [-0.3, -0.25) is 19.4 Å². The number of ether oxygens (including phenoxy) is 4. The summed E-state index contributed by atoms with van der Waals surface area (Å²) in [6.07, 6.45) is -5.80. The number of halogens is 15. The van der Waals surface area contributed by atoms with Crippen molar-refractivity contribution in [1.29, 1.82) is 0 Å². The number of rotatable bonds is 19. The zero-order chi connectivity index (χ0) is 75.3. The number of carbonyl (C=O) groups excluding carboxylic acids is 2. The zero-order valence-electron chi connectivity index (χ0n) is 65.1. The molecule has 3 aromatic heterocycles. The number of nitrogens with two attached hydrogens (primary N) is 1. The van der Waals surface area contributed by atoms with Crippen LogP contribution in [0.15, 0.2) is 91.8 Å². The van der Waals surface area contributed by atoms with E-state index in [2.05, 4.69) is 50.6 Å². The molecule has 1 saturated carbocycles. The summed E-state index contributed by atoms with van der Waals surface area (Å²) in [5.74, 6) is -3.68. The van der Waals surface area contributed by atoms with Crippen LogP contribution < -0.4 is 36.4 Å². The van der Waals surface area contributed by atoms with Gasteiger partial charge in [-0.05, 0) is 91.6 Å². The van der Waals surface area contributed by atoms with Crippen LogP contribution in [0, 0.1) is 17.5 Å². The van der Waals surface area contributed by atoms with E-state index in [0.717, 1.165) is 68.3 Å². The molecule has 0 spiro atoms. The molecule has 6 fully saturated rings. The van der Waals surface area contributed by atoms with Crippen molar-refractivity contribution in [3.63, 3.8) is 0 Å². The number of primary amides is 1. The molecule has 5 saturated heterocycles. The van der Waals surface area contributed by atoms with E-state index >= 15 is 22.0 Å². The predicted molar refractivity (Wildman–Crippen MR) is 373 cm³/mol. The number of nitrogens with zero attached hydrogens (tertiary/aromatic N) is 11. The molecule has 36 heteroatoms. The third-order valence-electron chi connectivity index (χ3n) is 19.3. The van der Waals surface area contributed by atoms with Crippen LogP contribution in [0.2, 0.25) is 0 Å². The van der Waals surface area contributed by atoms with Crippen molar-refractivity contribution in [2.75, 3.05) is 156 Å². The maximum Gasteiger partial charge on any atom is 0.416 e. The third kappa shape index (κ3) is 20.7. The monoisotopic (exact) mass is 1520 g/mol. The Bertz CT molecular complexity index is 3890. The largest absolute Gasteiger partial charge is 1.00 e. The topological polar surface area (TPSA) is 227 Å². The molecule has 596 valence electrons. The van der Waals surface area contributed by atoms with Gasteiger partial charge < -0.3 is 66.7 Å². The lowest BCUT2D eigenvalue weighted by molar-refractivity contribution is -0.142. The quantitative estimate of drug-likeness (QED) is 0.0437. The normalized spacial score (nSPS) is 20.9. The second kappa shape index (κ2) is 34.3. The molecule has 105 heavy (non-hydrogen) atoms. The van der Waals surface area contributed by atoms with Crippen molar-refractivity contribution in [2.45, 2.75) is 111 Å². The first kappa shape index (κ1) is 79.0. The molecule has 5 N–H and O–H groups in total. The Balaban J connectivity index is -0.00000159. The van der Waals surface area contributed by atoms with Gasteiger partial charge in [0.15, 0.2) is 34.9 Å². The van der Waals surface area contributed by atoms with Gasteiger partial charge in [-0.1, -0.05) is 55.7 Å². The van der Waals surface area contributed by atoms with E-state index in [1.165, 1.54) is 49.8 Å². The zero-order valence-corrected chi connectivity index (χ0v) is 57.1. The van der Waals surface area contributed by atoms with Crippen molar-refractivity contribution < 1.29 is 112 Å². The molecular weight excluding hydrogens is 1420 g/mol. The van der Waals surface area contributed by atoms with E-state index < -0.39 is 99.7 Å². The minimum atomic E-state index is -4.47. The van der Waals surface area contributed by atoms with E-state index in [9.17, 15) is 53.5 Å². The van der Waals surface area contributed by atoms with E-state index in [4.69, 9.17) is 19.9 Å². The first-order valence-electron chi connectivity index (χ1n) is 34.1. The summed E-state index contributed by atoms with van der Waals surface area (Å²) in [7, 11) is 1.29. The Morgan fingerprint density at radius 1 is 0.476 bits per heavy atom. The second-order valence-electron chi connectivity index (χ2n) is 26.5. The van der Waals surface area contributed by atoms with Crippen molar-refractivity contribution >= 4 is 46.8 Å². The highest BCUT2D eigenvalue weighted by molar-refractivity contribution is 5.76. The number of esters is 1. The van der Waals surface area contributed by atoms with Crippen LogP contribution in [-0.2, 0) is 47.1 Å². The fraction of sp³-hybridized carbons (Fsp3) is 0.536. The van der Waals surface area contributed by atoms with E-state index in [0.29, 0.717) is 68.9 Å². The van der Waals surface area contributed by atoms with Crippen molar-refractivity contribution in [2.24, 2.45) is 5.73 Å². The third-order valence-corrected chi connectivity index (χ3v) is 19.3. The van der Waals surface area contributed by atoms with Gasteiger partial charge in [0.2, 0.25) is 23.4 Å². The van der Waals surface area contributed by atoms with Crippen LogP contribution in [0.25, 0.3) is 0 Å². The number of hydrogen-bond donors (Lipinski definition) is 4. The second-order valence-corrected chi connectivity index (χ2v) is 26.5. The highest BCUT2D eigenvalue weighted by atomic mass is 19.4. The lowest BCUT2D eigenvalue weighted by Gasteiger charge is -2.37. The predicted octanol–water partition coefficient (Wildman–Crippen LogP) is 13.7. The SMILES string of the molecule is COC(=O)CN1CCC(F)(CNc2ncnc(N3CCOC[C@@H]3c3ccc(C(F)(F)F)cc3)c2F)CC1.Fc1c(NCC2(F)CCCCC2)ncnc1N1CCOC[C@@H]1c1ccc(C(F)(F)F)cc1.NC(=O)CN1CCC(F)(CNc2ncnc(N3CCOC[C@@H]3c3ccc(C(F)(F)F)cc3)c2F)CC1.[H-].[H-].[H-].[H-].[H-].[H-].[H-].[H-].[HH].[HH].[HH].[HH]. The summed E-state index contributed by atoms with van der Waals surface area (Å²) >= 11 is 0. The molecule has 0 radical (unpaired) electrons. The molecule has 1 aliphatic carbocycles. The summed E-state index contributed by atoms with van der Waals surface area (Å²) in [6.45, 7) is 3.26. The van der Waals surface area contributed by atoms with Gasteiger partial charge in [0.1, 0.15) is 36.0 Å². The number of benzene rings is 3. The lowest BCUT2D eigenvalue weighted by Crippen LogP contribution is -2.47. The van der Waals surface area contributed by atoms with E-state index in [1.807, 2.05) is 0 Å². The molecule has 1 amide bonds. The molecule has 3 aromatic carbocycles. The molecule has 6 aromatic rings. The molecular formula is C69H96F15N15O6-8. The summed E-state index contributed by atoms with van der Waals surface area (Å²) < 4.78 is 229. The van der Waals surface area contributed by atoms with Crippen molar-refractivity contribution in [1.82, 2.24) is 39.7 Å². The minimum Gasteiger partial charge on any atom is -1.00 e. The maximum atomic E-state index is 15.5. The van der Waals surface area contributed by atoms with Gasteiger partial charge >= 0.3 is 24.5 Å². The van der Waals surface area contributed by atoms with Crippen molar-refractivity contribution in [3.05, 3.63) is 143 Å². The first-order chi connectivity index (χ1) is 49.9. The number of hydrogen-bond acceptors (Lipinski definition) is 20. The Hall–Kier alpha value is -8.61. The van der Waals surface area contributed by atoms with Gasteiger partial charge in [-0.25, -0.2) is 43.1 Å². The summed E-state index contributed by atoms with van der Waals surface area (Å²) in [4.78, 5) is 55.0. The first-order valence-corrected chi connectivity index (χ1v) is 34.1. The lowest BCUT2D eigenvalue weighted by atomic mass is 9.86. The highest BCUT2D eigenvalue weighted by Crippen LogP contribution is 2.41. The Morgan fingerprint density at radius 3 is 1.06 bits per heavy atom. The molecule has 0 unspecified atom stereocenters. The van der Waals surface area contributed by atoms with Gasteiger partial charge in [0.05, 0.1) is 114 Å². The molecule has 6 aliphatic rings. The molecule has 12 rings (SSSR count). The Labute approximate surface area is 612 Å². The number of morpholine rings is 3. The van der Waals surface area contributed by atoms with Crippen LogP contribution in [0.3, 0.4) is 0 Å². The smallest absolute Gasteiger partial charge is 0.416 e. The minimum absolute atomic E-state index is 0. The fourth-order valence-electron chi connectivity index (χ4n) is 13.3. The summed E-state index contributed by atoms with van der Waals surface area (Å²) in [5, 5.41) is 8.29. The number of methoxy groups -OCH3 is 1. The number of likely N-dealkylation sites (tertiary alicyclic amines) is 2. The highest BCUT2D eigenvalue weighted by Gasteiger charge is 2.41. The number of aromatic nitrogens is 6. The van der Waals surface area contributed by atoms with E-state index in [1.54, 1.807) is 24.5 Å². The van der Waals surface area contributed by atoms with Crippen LogP contribution in [0.1, 0.15) is 126 Å². The fourth-order valence-corrected chi connectivity index (χ4v) is 13.3. The number of nitrogens with one attached hydrogen (secondary N) is 3. The number of alkyl halides is 12. The molecule has 5 aliphatic heterocycles. The molecule has 0 bridgehead atoms. The standard InChI is InChI=1S/C24H28F5N5O3.C23H27F5N6O2.C22H25F5N4O.4H2.8H/c1-36-19(35)12-33-8-6-23(26,7-9-33)14-30-21-20(25)22(32-15-31-21)34-10-11-37-13-18(34)16-2-4-17(5-3-16)24(27,28)29;24-19-20(30-13-22(25)5-7-33(8-6-22)11-18(29)35)31-14-32-21(19)34-9-10-36-12-17(34)15-1-3-16(4-2-15)23(26,27)28;23-18-19(28-13-21(24)8-2-1-3-9-21)29-14-30-20(18)31-10-11-32-12-17(31)15-4-6-16(7-5-15)22(25,26)27;;;;;;;;;;;;/h2-5,15,18H,6-14H2,1H3,(H,30,31,32);1-4,14,17H,5-13H2,(H2,29,35)(H,30,31,32);4-7,14,17H,1-3,8-13H2,(H,28,29,30);4*1H;;;;;;;;/q;;;;;;;8*-1/t18-;2*17-;;;;;;;;;;;;/m111............/s1.